The van der Waals surface area contributed by atoms with Crippen LogP contribution in [0.4, 0.5) is 0 Å². The molecule has 0 saturated carbocycles. The van der Waals surface area contributed by atoms with Gasteiger partial charge in [0.05, 0.1) is 5.56 Å². The normalized spacial score (nSPS) is 24.1. The fraction of sp³-hybridized carbons (Fsp3) is 0.500. The van der Waals surface area contributed by atoms with E-state index in [0.29, 0.717) is 10.5 Å². The molecule has 0 aromatic heterocycles. The third kappa shape index (κ3) is 2.91. The van der Waals surface area contributed by atoms with Crippen molar-refractivity contribution in [2.75, 3.05) is 13.1 Å². The molecule has 18 heavy (non-hydrogen) atoms. The molecule has 0 spiro atoms. The summed E-state index contributed by atoms with van der Waals surface area (Å²) in [6, 6.07) is 5.85. The Kier molecular flexibility index (Phi) is 4.38. The molecule has 0 aliphatic carbocycles. The third-order valence-corrected chi connectivity index (χ3v) is 5.41. The van der Waals surface area contributed by atoms with E-state index in [4.69, 9.17) is 0 Å². The first-order chi connectivity index (χ1) is 8.49. The maximum Gasteiger partial charge on any atom is 0.255 e. The van der Waals surface area contributed by atoms with E-state index in [1.54, 1.807) is 0 Å². The van der Waals surface area contributed by atoms with Gasteiger partial charge >= 0.3 is 0 Å². The van der Waals surface area contributed by atoms with Gasteiger partial charge in [-0.2, -0.15) is 11.8 Å². The van der Waals surface area contributed by atoms with Gasteiger partial charge in [0.25, 0.3) is 5.91 Å². The van der Waals surface area contributed by atoms with E-state index >= 15 is 0 Å². The van der Waals surface area contributed by atoms with E-state index in [1.165, 1.54) is 0 Å². The smallest absolute Gasteiger partial charge is 0.255 e. The molecule has 1 amide bonds. The summed E-state index contributed by atoms with van der Waals surface area (Å²) >= 11 is 5.48. The quantitative estimate of drug-likeness (QED) is 0.783. The van der Waals surface area contributed by atoms with E-state index in [2.05, 4.69) is 29.8 Å². The summed E-state index contributed by atoms with van der Waals surface area (Å²) in [5.74, 6) is 0.143. The van der Waals surface area contributed by atoms with Crippen LogP contribution in [0.3, 0.4) is 0 Å². The number of benzene rings is 1. The highest BCUT2D eigenvalue weighted by molar-refractivity contribution is 9.10. The highest BCUT2D eigenvalue weighted by Crippen LogP contribution is 2.28. The molecule has 1 aromatic carbocycles. The van der Waals surface area contributed by atoms with Gasteiger partial charge in [-0.1, -0.05) is 26.0 Å². The Hall–Kier alpha value is -0.480. The van der Waals surface area contributed by atoms with Crippen molar-refractivity contribution in [3.8, 4) is 0 Å². The number of aryl methyl sites for hydroxylation is 1. The first kappa shape index (κ1) is 13.9. The van der Waals surface area contributed by atoms with Crippen molar-refractivity contribution in [2.24, 2.45) is 0 Å². The Balaban J connectivity index is 2.23. The van der Waals surface area contributed by atoms with E-state index in [9.17, 15) is 4.79 Å². The van der Waals surface area contributed by atoms with Crippen LogP contribution in [0.2, 0.25) is 0 Å². The molecule has 98 valence electrons. The summed E-state index contributed by atoms with van der Waals surface area (Å²) in [5, 5.41) is 1.03. The summed E-state index contributed by atoms with van der Waals surface area (Å²) in [4.78, 5) is 14.5. The minimum absolute atomic E-state index is 0.143. The van der Waals surface area contributed by atoms with Crippen LogP contribution in [0.15, 0.2) is 22.7 Å². The molecule has 0 N–H and O–H groups in total. The van der Waals surface area contributed by atoms with Crippen LogP contribution in [0, 0.1) is 6.92 Å². The number of halogens is 1. The summed E-state index contributed by atoms with van der Waals surface area (Å²) in [6.07, 6.45) is 0. The van der Waals surface area contributed by atoms with Crippen LogP contribution < -0.4 is 0 Å². The van der Waals surface area contributed by atoms with Gasteiger partial charge in [-0.15, -0.1) is 0 Å². The lowest BCUT2D eigenvalue weighted by Crippen LogP contribution is -2.44. The zero-order valence-corrected chi connectivity index (χ0v) is 13.3. The van der Waals surface area contributed by atoms with E-state index in [1.807, 2.05) is 41.8 Å². The Bertz CT molecular complexity index is 453. The second-order valence-electron chi connectivity index (χ2n) is 4.90. The van der Waals surface area contributed by atoms with Gasteiger partial charge in [0.1, 0.15) is 0 Å². The lowest BCUT2D eigenvalue weighted by Gasteiger charge is -2.34. The number of rotatable bonds is 1. The second-order valence-corrected chi connectivity index (χ2v) is 7.58. The number of carbonyl (C=O) groups excluding carboxylic acids is 1. The summed E-state index contributed by atoms with van der Waals surface area (Å²) in [6.45, 7) is 8.07. The number of thioether (sulfide) groups is 1. The molecule has 0 radical (unpaired) electrons. The standard InChI is InChI=1S/C14H18BrNOS/c1-9-5-4-6-12(13(9)15)14(17)16-7-10(2)18-11(3)8-16/h4-6,10-11H,7-8H2,1-3H3. The minimum atomic E-state index is 0.143. The van der Waals surface area contributed by atoms with Crippen LogP contribution >= 0.6 is 27.7 Å². The van der Waals surface area contributed by atoms with Crippen LogP contribution in [0.5, 0.6) is 0 Å². The van der Waals surface area contributed by atoms with Gasteiger partial charge < -0.3 is 4.90 Å². The summed E-state index contributed by atoms with van der Waals surface area (Å²) in [7, 11) is 0. The lowest BCUT2D eigenvalue weighted by molar-refractivity contribution is 0.0752. The molecule has 1 aromatic rings. The van der Waals surface area contributed by atoms with Gasteiger partial charge in [-0.3, -0.25) is 4.79 Å². The molecular weight excluding hydrogens is 310 g/mol. The highest BCUT2D eigenvalue weighted by Gasteiger charge is 2.27. The molecule has 0 bridgehead atoms. The average Bonchev–Trinajstić information content (AvgIpc) is 2.30. The van der Waals surface area contributed by atoms with Crippen LogP contribution in [-0.2, 0) is 0 Å². The number of carbonyl (C=O) groups is 1. The summed E-state index contributed by atoms with van der Waals surface area (Å²) < 4.78 is 0.925. The molecule has 1 heterocycles. The van der Waals surface area contributed by atoms with E-state index < -0.39 is 0 Å². The minimum Gasteiger partial charge on any atom is -0.336 e. The molecule has 2 unspecified atom stereocenters. The first-order valence-corrected chi connectivity index (χ1v) is 7.92. The fourth-order valence-electron chi connectivity index (χ4n) is 2.33. The average molecular weight is 328 g/mol. The molecule has 2 atom stereocenters. The molecule has 2 nitrogen and oxygen atoms in total. The van der Waals surface area contributed by atoms with Crippen LogP contribution in [0.25, 0.3) is 0 Å². The number of amides is 1. The van der Waals surface area contributed by atoms with Crippen molar-refractivity contribution in [1.29, 1.82) is 0 Å². The largest absolute Gasteiger partial charge is 0.336 e. The highest BCUT2D eigenvalue weighted by atomic mass is 79.9. The van der Waals surface area contributed by atoms with Gasteiger partial charge in [-0.05, 0) is 34.5 Å². The summed E-state index contributed by atoms with van der Waals surface area (Å²) in [5.41, 5.74) is 1.88. The second kappa shape index (κ2) is 5.66. The number of nitrogens with zero attached hydrogens (tertiary/aromatic N) is 1. The number of hydrogen-bond acceptors (Lipinski definition) is 2. The van der Waals surface area contributed by atoms with Gasteiger partial charge in [0, 0.05) is 28.1 Å². The molecule has 2 rings (SSSR count). The predicted molar refractivity (Wildman–Crippen MR) is 81.3 cm³/mol. The van der Waals surface area contributed by atoms with E-state index in [0.717, 1.165) is 28.7 Å². The monoisotopic (exact) mass is 327 g/mol. The molecule has 1 saturated heterocycles. The zero-order valence-electron chi connectivity index (χ0n) is 10.9. The fourth-order valence-corrected chi connectivity index (χ4v) is 4.09. The van der Waals surface area contributed by atoms with Gasteiger partial charge in [0.15, 0.2) is 0 Å². The Morgan fingerprint density at radius 1 is 1.33 bits per heavy atom. The Labute approximate surface area is 121 Å². The van der Waals surface area contributed by atoms with Crippen molar-refractivity contribution in [3.63, 3.8) is 0 Å². The third-order valence-electron chi connectivity index (χ3n) is 3.13. The van der Waals surface area contributed by atoms with Crippen molar-refractivity contribution in [2.45, 2.75) is 31.3 Å². The first-order valence-electron chi connectivity index (χ1n) is 6.19. The van der Waals surface area contributed by atoms with Crippen LogP contribution in [0.1, 0.15) is 29.8 Å². The van der Waals surface area contributed by atoms with Crippen molar-refractivity contribution in [1.82, 2.24) is 4.90 Å². The van der Waals surface area contributed by atoms with Crippen molar-refractivity contribution >= 4 is 33.6 Å². The van der Waals surface area contributed by atoms with Crippen LogP contribution in [-0.4, -0.2) is 34.4 Å². The Morgan fingerprint density at radius 2 is 1.94 bits per heavy atom. The predicted octanol–water partition coefficient (Wildman–Crippen LogP) is 3.72. The van der Waals surface area contributed by atoms with Crippen molar-refractivity contribution < 1.29 is 4.79 Å². The molecule has 1 fully saturated rings. The van der Waals surface area contributed by atoms with E-state index in [-0.39, 0.29) is 5.91 Å². The SMILES string of the molecule is Cc1cccc(C(=O)N2CC(C)SC(C)C2)c1Br. The van der Waals surface area contributed by atoms with Gasteiger partial charge in [-0.25, -0.2) is 0 Å². The lowest BCUT2D eigenvalue weighted by atomic mass is 10.1. The Morgan fingerprint density at radius 3 is 2.56 bits per heavy atom. The van der Waals surface area contributed by atoms with Crippen molar-refractivity contribution in [3.05, 3.63) is 33.8 Å². The van der Waals surface area contributed by atoms with Gasteiger partial charge in [0.2, 0.25) is 0 Å². The molecule has 1 aliphatic rings. The maximum atomic E-state index is 12.6. The maximum absolute atomic E-state index is 12.6. The topological polar surface area (TPSA) is 20.3 Å². The molecular formula is C14H18BrNOS. The molecule has 4 heteroatoms. The zero-order chi connectivity index (χ0) is 13.3. The molecule has 1 aliphatic heterocycles. The number of hydrogen-bond donors (Lipinski definition) is 0.